The molecule has 0 saturated carbocycles. The molecule has 0 spiro atoms. The van der Waals surface area contributed by atoms with Crippen LogP contribution in [0.5, 0.6) is 0 Å². The molecule has 20 heavy (non-hydrogen) atoms. The Balaban J connectivity index is 2.88. The van der Waals surface area contributed by atoms with Crippen molar-refractivity contribution in [1.29, 1.82) is 0 Å². The van der Waals surface area contributed by atoms with Crippen LogP contribution < -0.4 is 0 Å². The van der Waals surface area contributed by atoms with Gasteiger partial charge in [-0.2, -0.15) is 0 Å². The highest BCUT2D eigenvalue weighted by molar-refractivity contribution is 6.87. The summed E-state index contributed by atoms with van der Waals surface area (Å²) in [5.41, 5.74) is 5.43. The van der Waals surface area contributed by atoms with E-state index in [1.807, 2.05) is 24.3 Å². The molecular formula is C17H22O2Si. The number of aliphatic carboxylic acids is 1. The number of carboxylic acid groups (broad SMARTS) is 1. The molecule has 0 fully saturated rings. The van der Waals surface area contributed by atoms with E-state index >= 15 is 0 Å². The summed E-state index contributed by atoms with van der Waals surface area (Å²) < 4.78 is 0. The zero-order valence-electron chi connectivity index (χ0n) is 12.4. The second-order valence-electron chi connectivity index (χ2n) is 4.88. The molecule has 0 unspecified atom stereocenters. The van der Waals surface area contributed by atoms with Crippen LogP contribution in [0.1, 0.15) is 31.9 Å². The van der Waals surface area contributed by atoms with Gasteiger partial charge in [0.1, 0.15) is 8.07 Å². The quantitative estimate of drug-likeness (QED) is 0.501. The number of hydrogen-bond donors (Lipinski definition) is 1. The lowest BCUT2D eigenvalue weighted by atomic mass is 10.1. The molecule has 0 atom stereocenters. The second-order valence-corrected chi connectivity index (χ2v) is 9.82. The van der Waals surface area contributed by atoms with E-state index in [9.17, 15) is 4.79 Å². The number of hydrogen-bond acceptors (Lipinski definition) is 1. The van der Waals surface area contributed by atoms with Crippen molar-refractivity contribution in [2.24, 2.45) is 0 Å². The highest BCUT2D eigenvalue weighted by atomic mass is 28.3. The minimum Gasteiger partial charge on any atom is -0.478 e. The number of carboxylic acids is 1. The molecule has 0 aliphatic rings. The molecule has 0 aromatic heterocycles. The first kappa shape index (κ1) is 16.3. The predicted molar refractivity (Wildman–Crippen MR) is 87.2 cm³/mol. The van der Waals surface area contributed by atoms with E-state index < -0.39 is 14.0 Å². The Morgan fingerprint density at radius 3 is 2.15 bits per heavy atom. The SMILES string of the molecule is CC[Si](C#Cc1ccc(C=CC(=O)O)cc1)(CC)CC. The second kappa shape index (κ2) is 7.71. The molecule has 0 radical (unpaired) electrons. The number of carbonyl (C=O) groups is 1. The molecule has 2 nitrogen and oxygen atoms in total. The first-order valence-electron chi connectivity index (χ1n) is 7.09. The van der Waals surface area contributed by atoms with Crippen LogP contribution in [-0.2, 0) is 4.79 Å². The highest BCUT2D eigenvalue weighted by Crippen LogP contribution is 2.19. The van der Waals surface area contributed by atoms with Gasteiger partial charge in [-0.25, -0.2) is 4.79 Å². The minimum absolute atomic E-state index is 0.878. The van der Waals surface area contributed by atoms with Crippen LogP contribution in [0.25, 0.3) is 6.08 Å². The van der Waals surface area contributed by atoms with Crippen molar-refractivity contribution in [3.05, 3.63) is 41.5 Å². The summed E-state index contributed by atoms with van der Waals surface area (Å²) in [7, 11) is -1.40. The minimum atomic E-state index is -1.40. The van der Waals surface area contributed by atoms with Gasteiger partial charge in [0, 0.05) is 11.6 Å². The van der Waals surface area contributed by atoms with Gasteiger partial charge in [0.25, 0.3) is 0 Å². The Bertz CT molecular complexity index is 520. The van der Waals surface area contributed by atoms with Gasteiger partial charge in [0.15, 0.2) is 0 Å². The van der Waals surface area contributed by atoms with Crippen LogP contribution in [-0.4, -0.2) is 19.1 Å². The summed E-state index contributed by atoms with van der Waals surface area (Å²) in [5, 5.41) is 8.58. The van der Waals surface area contributed by atoms with Crippen molar-refractivity contribution in [3.8, 4) is 11.5 Å². The lowest BCUT2D eigenvalue weighted by Crippen LogP contribution is -2.29. The van der Waals surface area contributed by atoms with E-state index in [-0.39, 0.29) is 0 Å². The van der Waals surface area contributed by atoms with Crippen LogP contribution in [0.15, 0.2) is 30.3 Å². The van der Waals surface area contributed by atoms with Gasteiger partial charge in [0.05, 0.1) is 0 Å². The monoisotopic (exact) mass is 286 g/mol. The molecule has 0 aliphatic carbocycles. The molecule has 0 aliphatic heterocycles. The molecule has 3 heteroatoms. The van der Waals surface area contributed by atoms with Crippen molar-refractivity contribution < 1.29 is 9.90 Å². The Morgan fingerprint density at radius 1 is 1.15 bits per heavy atom. The number of benzene rings is 1. The lowest BCUT2D eigenvalue weighted by Gasteiger charge is -2.19. The molecule has 0 bridgehead atoms. The number of rotatable bonds is 5. The molecule has 0 heterocycles. The molecular weight excluding hydrogens is 264 g/mol. The maximum Gasteiger partial charge on any atom is 0.328 e. The van der Waals surface area contributed by atoms with Crippen LogP contribution in [0.2, 0.25) is 18.1 Å². The van der Waals surface area contributed by atoms with Gasteiger partial charge < -0.3 is 5.11 Å². The van der Waals surface area contributed by atoms with Crippen molar-refractivity contribution >= 4 is 20.1 Å². The lowest BCUT2D eigenvalue weighted by molar-refractivity contribution is -0.131. The van der Waals surface area contributed by atoms with E-state index in [2.05, 4.69) is 32.2 Å². The first-order chi connectivity index (χ1) is 9.55. The summed E-state index contributed by atoms with van der Waals surface area (Å²) in [6.45, 7) is 6.73. The average molecular weight is 286 g/mol. The van der Waals surface area contributed by atoms with E-state index in [1.54, 1.807) is 6.08 Å². The molecule has 106 valence electrons. The summed E-state index contributed by atoms with van der Waals surface area (Å²) >= 11 is 0. The highest BCUT2D eigenvalue weighted by Gasteiger charge is 2.23. The van der Waals surface area contributed by atoms with Gasteiger partial charge in [-0.3, -0.25) is 0 Å². The summed E-state index contributed by atoms with van der Waals surface area (Å²) in [6, 6.07) is 11.3. The Hall–Kier alpha value is -1.79. The normalized spacial score (nSPS) is 11.2. The first-order valence-corrected chi connectivity index (χ1v) is 9.71. The van der Waals surface area contributed by atoms with E-state index in [0.29, 0.717) is 0 Å². The van der Waals surface area contributed by atoms with Gasteiger partial charge in [0.2, 0.25) is 0 Å². The third kappa shape index (κ3) is 4.71. The maximum atomic E-state index is 10.4. The van der Waals surface area contributed by atoms with E-state index in [4.69, 9.17) is 5.11 Å². The van der Waals surface area contributed by atoms with Crippen molar-refractivity contribution in [2.75, 3.05) is 0 Å². The van der Waals surface area contributed by atoms with Gasteiger partial charge in [-0.15, -0.1) is 5.54 Å². The summed E-state index contributed by atoms with van der Waals surface area (Å²) in [5.74, 6) is 2.37. The Morgan fingerprint density at radius 2 is 1.70 bits per heavy atom. The van der Waals surface area contributed by atoms with Crippen molar-refractivity contribution in [1.82, 2.24) is 0 Å². The smallest absolute Gasteiger partial charge is 0.328 e. The predicted octanol–water partition coefficient (Wildman–Crippen LogP) is 4.18. The maximum absolute atomic E-state index is 10.4. The average Bonchev–Trinajstić information content (AvgIpc) is 2.48. The fourth-order valence-corrected chi connectivity index (χ4v) is 4.50. The molecule has 0 saturated heterocycles. The van der Waals surface area contributed by atoms with Gasteiger partial charge >= 0.3 is 5.97 Å². The molecule has 1 rings (SSSR count). The molecule has 0 amide bonds. The van der Waals surface area contributed by atoms with Crippen molar-refractivity contribution in [2.45, 2.75) is 38.9 Å². The summed E-state index contributed by atoms with van der Waals surface area (Å²) in [6.07, 6.45) is 2.73. The molecule has 1 N–H and O–H groups in total. The van der Waals surface area contributed by atoms with Crippen LogP contribution in [0, 0.1) is 11.5 Å². The largest absolute Gasteiger partial charge is 0.478 e. The standard InChI is InChI=1S/C17H22O2Si/c1-4-20(5-2,6-3)14-13-16-9-7-15(8-10-16)11-12-17(18)19/h7-12H,4-6H2,1-3H3,(H,18,19). The zero-order chi connectivity index (χ0) is 15.0. The van der Waals surface area contributed by atoms with Gasteiger partial charge in [-0.1, -0.05) is 38.8 Å². The zero-order valence-corrected chi connectivity index (χ0v) is 13.4. The van der Waals surface area contributed by atoms with Crippen LogP contribution in [0.3, 0.4) is 0 Å². The Labute approximate surface area is 122 Å². The van der Waals surface area contributed by atoms with Crippen LogP contribution >= 0.6 is 0 Å². The Kier molecular flexibility index (Phi) is 6.27. The molecule has 1 aromatic carbocycles. The van der Waals surface area contributed by atoms with E-state index in [1.165, 1.54) is 18.1 Å². The molecule has 1 aromatic rings. The fraction of sp³-hybridized carbons (Fsp3) is 0.353. The van der Waals surface area contributed by atoms with E-state index in [0.717, 1.165) is 17.2 Å². The fourth-order valence-electron chi connectivity index (χ4n) is 2.06. The van der Waals surface area contributed by atoms with Gasteiger partial charge in [-0.05, 0) is 41.9 Å². The van der Waals surface area contributed by atoms with Crippen molar-refractivity contribution in [3.63, 3.8) is 0 Å². The topological polar surface area (TPSA) is 37.3 Å². The van der Waals surface area contributed by atoms with Crippen LogP contribution in [0.4, 0.5) is 0 Å². The summed E-state index contributed by atoms with van der Waals surface area (Å²) in [4.78, 5) is 10.4. The third-order valence-corrected chi connectivity index (χ3v) is 8.55. The third-order valence-electron chi connectivity index (χ3n) is 3.83.